The average molecular weight is 387 g/mol. The van der Waals surface area contributed by atoms with E-state index < -0.39 is 54.1 Å². The monoisotopic (exact) mass is 387 g/mol. The maximum atomic E-state index is 13.2. The van der Waals surface area contributed by atoms with Crippen LogP contribution in [0.4, 0.5) is 22.0 Å². The van der Waals surface area contributed by atoms with E-state index in [0.29, 0.717) is 0 Å². The fraction of sp³-hybridized carbons (Fsp3) is 0.222. The van der Waals surface area contributed by atoms with Crippen LogP contribution in [0.25, 0.3) is 0 Å². The largest absolute Gasteiger partial charge is 0.480 e. The second-order valence-electron chi connectivity index (χ2n) is 5.74. The summed E-state index contributed by atoms with van der Waals surface area (Å²) in [4.78, 5) is 23.3. The molecule has 0 aliphatic rings. The van der Waals surface area contributed by atoms with Gasteiger partial charge in [0.15, 0.2) is 11.6 Å². The van der Waals surface area contributed by atoms with Gasteiger partial charge in [0.25, 0.3) is 0 Å². The molecule has 0 aromatic heterocycles. The second-order valence-corrected chi connectivity index (χ2v) is 5.74. The lowest BCUT2D eigenvalue weighted by Crippen LogP contribution is -2.43. The zero-order valence-corrected chi connectivity index (χ0v) is 13.7. The molecule has 4 nitrogen and oxygen atoms in total. The standard InChI is InChI=1S/C18H14F5NO3/c19-13-6-5-10(7-14(13)20)8-16(25)24-15(17(26)27)9-11-3-1-2-4-12(11)18(21,22)23/h1-7,15H,8-9H2,(H,24,25)(H,26,27)/t15-/m1/s1. The van der Waals surface area contributed by atoms with Crippen LogP contribution >= 0.6 is 0 Å². The highest BCUT2D eigenvalue weighted by Crippen LogP contribution is 2.32. The number of hydrogen-bond donors (Lipinski definition) is 2. The third-order valence-electron chi connectivity index (χ3n) is 3.73. The van der Waals surface area contributed by atoms with Crippen LogP contribution in [0.3, 0.4) is 0 Å². The predicted molar refractivity (Wildman–Crippen MR) is 84.8 cm³/mol. The van der Waals surface area contributed by atoms with Gasteiger partial charge in [-0.15, -0.1) is 0 Å². The number of alkyl halides is 3. The van der Waals surface area contributed by atoms with E-state index in [4.69, 9.17) is 0 Å². The molecule has 0 unspecified atom stereocenters. The Kier molecular flexibility index (Phi) is 6.14. The van der Waals surface area contributed by atoms with Crippen LogP contribution in [0.15, 0.2) is 42.5 Å². The summed E-state index contributed by atoms with van der Waals surface area (Å²) >= 11 is 0. The summed E-state index contributed by atoms with van der Waals surface area (Å²) in [6.45, 7) is 0. The minimum absolute atomic E-state index is 0.0891. The van der Waals surface area contributed by atoms with E-state index in [1.807, 2.05) is 0 Å². The third kappa shape index (κ3) is 5.50. The maximum absolute atomic E-state index is 13.2. The number of halogens is 5. The average Bonchev–Trinajstić information content (AvgIpc) is 2.57. The number of benzene rings is 2. The van der Waals surface area contributed by atoms with E-state index in [1.165, 1.54) is 12.1 Å². The van der Waals surface area contributed by atoms with Crippen LogP contribution in [-0.2, 0) is 28.6 Å². The summed E-state index contributed by atoms with van der Waals surface area (Å²) < 4.78 is 65.1. The normalized spacial score (nSPS) is 12.5. The fourth-order valence-corrected chi connectivity index (χ4v) is 2.48. The first-order chi connectivity index (χ1) is 12.6. The Labute approximate surface area is 150 Å². The lowest BCUT2D eigenvalue weighted by molar-refractivity contribution is -0.142. The molecule has 0 aliphatic heterocycles. The van der Waals surface area contributed by atoms with E-state index in [1.54, 1.807) is 0 Å². The van der Waals surface area contributed by atoms with Crippen molar-refractivity contribution in [1.82, 2.24) is 5.32 Å². The molecule has 0 bridgehead atoms. The van der Waals surface area contributed by atoms with Gasteiger partial charge in [-0.2, -0.15) is 13.2 Å². The third-order valence-corrected chi connectivity index (χ3v) is 3.73. The molecule has 27 heavy (non-hydrogen) atoms. The Morgan fingerprint density at radius 3 is 2.30 bits per heavy atom. The molecule has 144 valence electrons. The van der Waals surface area contributed by atoms with Crippen molar-refractivity contribution in [2.24, 2.45) is 0 Å². The van der Waals surface area contributed by atoms with Crippen LogP contribution in [0.2, 0.25) is 0 Å². The summed E-state index contributed by atoms with van der Waals surface area (Å²) in [6, 6.07) is 5.56. The Bertz CT molecular complexity index is 851. The van der Waals surface area contributed by atoms with Crippen LogP contribution in [0, 0.1) is 11.6 Å². The number of amides is 1. The fourth-order valence-electron chi connectivity index (χ4n) is 2.48. The Balaban J connectivity index is 2.13. The molecular weight excluding hydrogens is 373 g/mol. The number of carbonyl (C=O) groups excluding carboxylic acids is 1. The quantitative estimate of drug-likeness (QED) is 0.748. The SMILES string of the molecule is O=C(Cc1ccc(F)c(F)c1)N[C@H](Cc1ccccc1C(F)(F)F)C(=O)O. The Morgan fingerprint density at radius 2 is 1.70 bits per heavy atom. The lowest BCUT2D eigenvalue weighted by atomic mass is 9.99. The van der Waals surface area contributed by atoms with Crippen molar-refractivity contribution in [2.45, 2.75) is 25.1 Å². The minimum Gasteiger partial charge on any atom is -0.480 e. The number of aliphatic carboxylic acids is 1. The molecular formula is C18H14F5NO3. The van der Waals surface area contributed by atoms with Crippen molar-refractivity contribution in [3.8, 4) is 0 Å². The van der Waals surface area contributed by atoms with Crippen molar-refractivity contribution in [3.63, 3.8) is 0 Å². The van der Waals surface area contributed by atoms with Crippen molar-refractivity contribution < 1.29 is 36.6 Å². The van der Waals surface area contributed by atoms with E-state index in [0.717, 1.165) is 30.3 Å². The lowest BCUT2D eigenvalue weighted by Gasteiger charge is -2.18. The molecule has 1 atom stereocenters. The van der Waals surface area contributed by atoms with Crippen molar-refractivity contribution in [3.05, 3.63) is 70.8 Å². The predicted octanol–water partition coefficient (Wildman–Crippen LogP) is 3.34. The van der Waals surface area contributed by atoms with Gasteiger partial charge in [0.1, 0.15) is 6.04 Å². The van der Waals surface area contributed by atoms with Crippen molar-refractivity contribution >= 4 is 11.9 Å². The van der Waals surface area contributed by atoms with E-state index in [9.17, 15) is 36.6 Å². The van der Waals surface area contributed by atoms with E-state index >= 15 is 0 Å². The smallest absolute Gasteiger partial charge is 0.416 e. The highest BCUT2D eigenvalue weighted by atomic mass is 19.4. The number of rotatable bonds is 6. The summed E-state index contributed by atoms with van der Waals surface area (Å²) in [5.41, 5.74) is -1.19. The van der Waals surface area contributed by atoms with Gasteiger partial charge in [-0.1, -0.05) is 24.3 Å². The molecule has 2 aromatic carbocycles. The number of carboxylic acid groups (broad SMARTS) is 1. The van der Waals surface area contributed by atoms with E-state index in [-0.39, 0.29) is 11.1 Å². The first-order valence-corrected chi connectivity index (χ1v) is 7.69. The molecule has 0 radical (unpaired) electrons. The van der Waals surface area contributed by atoms with Crippen LogP contribution in [0.1, 0.15) is 16.7 Å². The first-order valence-electron chi connectivity index (χ1n) is 7.69. The Hall–Kier alpha value is -2.97. The van der Waals surface area contributed by atoms with Gasteiger partial charge in [-0.3, -0.25) is 4.79 Å². The zero-order valence-electron chi connectivity index (χ0n) is 13.7. The van der Waals surface area contributed by atoms with Gasteiger partial charge in [0.05, 0.1) is 12.0 Å². The van der Waals surface area contributed by atoms with Gasteiger partial charge in [-0.05, 0) is 29.3 Å². The molecule has 2 rings (SSSR count). The first kappa shape index (κ1) is 20.3. The maximum Gasteiger partial charge on any atom is 0.416 e. The highest BCUT2D eigenvalue weighted by molar-refractivity contribution is 5.85. The van der Waals surface area contributed by atoms with Gasteiger partial charge < -0.3 is 10.4 Å². The highest BCUT2D eigenvalue weighted by Gasteiger charge is 2.34. The number of hydrogen-bond acceptors (Lipinski definition) is 2. The summed E-state index contributed by atoms with van der Waals surface area (Å²) in [5, 5.41) is 11.3. The molecule has 2 N–H and O–H groups in total. The number of carbonyl (C=O) groups is 2. The van der Waals surface area contributed by atoms with Crippen molar-refractivity contribution in [1.29, 1.82) is 0 Å². The van der Waals surface area contributed by atoms with Gasteiger partial charge in [0.2, 0.25) is 5.91 Å². The molecule has 0 saturated heterocycles. The summed E-state index contributed by atoms with van der Waals surface area (Å²) in [7, 11) is 0. The molecule has 0 spiro atoms. The molecule has 0 heterocycles. The van der Waals surface area contributed by atoms with Gasteiger partial charge in [0, 0.05) is 6.42 Å². The topological polar surface area (TPSA) is 66.4 Å². The Morgan fingerprint density at radius 1 is 1.04 bits per heavy atom. The minimum atomic E-state index is -4.67. The van der Waals surface area contributed by atoms with E-state index in [2.05, 4.69) is 5.32 Å². The molecule has 9 heteroatoms. The molecule has 0 fully saturated rings. The summed E-state index contributed by atoms with van der Waals surface area (Å²) in [5.74, 6) is -4.65. The number of nitrogens with one attached hydrogen (secondary N) is 1. The molecule has 0 aliphatic carbocycles. The summed E-state index contributed by atoms with van der Waals surface area (Å²) in [6.07, 6.45) is -5.72. The molecule has 1 amide bonds. The van der Waals surface area contributed by atoms with Crippen LogP contribution in [0.5, 0.6) is 0 Å². The van der Waals surface area contributed by atoms with Gasteiger partial charge in [-0.25, -0.2) is 13.6 Å². The van der Waals surface area contributed by atoms with Gasteiger partial charge >= 0.3 is 12.1 Å². The molecule has 2 aromatic rings. The second kappa shape index (κ2) is 8.15. The van der Waals surface area contributed by atoms with Crippen molar-refractivity contribution in [2.75, 3.05) is 0 Å². The zero-order chi connectivity index (χ0) is 20.2. The van der Waals surface area contributed by atoms with Crippen LogP contribution in [-0.4, -0.2) is 23.0 Å². The molecule has 0 saturated carbocycles. The number of carboxylic acids is 1. The van der Waals surface area contributed by atoms with Crippen LogP contribution < -0.4 is 5.32 Å².